The minimum Gasteiger partial charge on any atom is -0.459 e. The van der Waals surface area contributed by atoms with E-state index in [0.717, 1.165) is 25.7 Å². The molecule has 132 valence electrons. The number of nitro groups is 1. The summed E-state index contributed by atoms with van der Waals surface area (Å²) in [6.07, 6.45) is 3.77. The summed E-state index contributed by atoms with van der Waals surface area (Å²) < 4.78 is 5.60. The molecule has 1 aromatic carbocycles. The molecule has 0 aromatic heterocycles. The monoisotopic (exact) mass is 344 g/mol. The Hall–Kier alpha value is -2.70. The van der Waals surface area contributed by atoms with E-state index in [-0.39, 0.29) is 24.1 Å². The average Bonchev–Trinajstić information content (AvgIpc) is 3.07. The smallest absolute Gasteiger partial charge is 0.336 e. The second-order valence-electron chi connectivity index (χ2n) is 6.51. The maximum Gasteiger partial charge on any atom is 0.336 e. The highest BCUT2D eigenvalue weighted by Crippen LogP contribution is 2.35. The lowest BCUT2D eigenvalue weighted by Crippen LogP contribution is -2.35. The standard InChI is InChI=1S/C18H20N2O5/c1-11-17(18(22)25-14-7-2-3-8-14)15(10-16(21)19-11)12-5-4-6-13(9-12)20(23)24/h4-6,9,14-15H,2-3,7-8,10H2,1H3,(H,19,21)/t15-/m0/s1. The fourth-order valence-corrected chi connectivity index (χ4v) is 3.53. The number of ether oxygens (including phenoxy) is 1. The van der Waals surface area contributed by atoms with Crippen molar-refractivity contribution in [3.05, 3.63) is 51.2 Å². The van der Waals surface area contributed by atoms with Gasteiger partial charge in [0, 0.05) is 30.2 Å². The van der Waals surface area contributed by atoms with Crippen molar-refractivity contribution in [2.45, 2.75) is 51.0 Å². The van der Waals surface area contributed by atoms with Crippen LogP contribution < -0.4 is 5.32 Å². The number of amides is 1. The summed E-state index contributed by atoms with van der Waals surface area (Å²) in [5, 5.41) is 13.7. The van der Waals surface area contributed by atoms with Crippen LogP contribution in [-0.4, -0.2) is 22.9 Å². The number of esters is 1. The van der Waals surface area contributed by atoms with E-state index < -0.39 is 16.8 Å². The summed E-state index contributed by atoms with van der Waals surface area (Å²) >= 11 is 0. The summed E-state index contributed by atoms with van der Waals surface area (Å²) in [6.45, 7) is 1.66. The van der Waals surface area contributed by atoms with Gasteiger partial charge in [0.2, 0.25) is 5.91 Å². The lowest BCUT2D eigenvalue weighted by Gasteiger charge is -2.27. The molecule has 1 aromatic rings. The van der Waals surface area contributed by atoms with Crippen LogP contribution in [0.3, 0.4) is 0 Å². The van der Waals surface area contributed by atoms with Crippen LogP contribution in [0.2, 0.25) is 0 Å². The van der Waals surface area contributed by atoms with E-state index in [0.29, 0.717) is 16.8 Å². The molecule has 1 N–H and O–H groups in total. The summed E-state index contributed by atoms with van der Waals surface area (Å²) in [4.78, 5) is 35.2. The first-order chi connectivity index (χ1) is 12.0. The van der Waals surface area contributed by atoms with E-state index in [1.165, 1.54) is 12.1 Å². The van der Waals surface area contributed by atoms with Crippen molar-refractivity contribution in [1.82, 2.24) is 5.32 Å². The molecule has 0 bridgehead atoms. The molecular formula is C18H20N2O5. The molecule has 25 heavy (non-hydrogen) atoms. The number of nitrogens with zero attached hydrogens (tertiary/aromatic N) is 1. The number of benzene rings is 1. The molecule has 2 aliphatic rings. The zero-order valence-electron chi connectivity index (χ0n) is 14.0. The van der Waals surface area contributed by atoms with Gasteiger partial charge in [-0.25, -0.2) is 4.79 Å². The minimum absolute atomic E-state index is 0.0631. The fourth-order valence-electron chi connectivity index (χ4n) is 3.53. The van der Waals surface area contributed by atoms with E-state index in [1.54, 1.807) is 19.1 Å². The van der Waals surface area contributed by atoms with Gasteiger partial charge < -0.3 is 10.1 Å². The predicted molar refractivity (Wildman–Crippen MR) is 89.6 cm³/mol. The number of carbonyl (C=O) groups is 2. The highest BCUT2D eigenvalue weighted by atomic mass is 16.6. The number of non-ortho nitro benzene ring substituents is 1. The first-order valence-corrected chi connectivity index (χ1v) is 8.41. The van der Waals surface area contributed by atoms with Crippen LogP contribution in [0.4, 0.5) is 5.69 Å². The molecule has 7 heteroatoms. The first-order valence-electron chi connectivity index (χ1n) is 8.41. The van der Waals surface area contributed by atoms with Gasteiger partial charge in [0.25, 0.3) is 5.69 Å². The fraction of sp³-hybridized carbons (Fsp3) is 0.444. The molecule has 1 atom stereocenters. The molecule has 1 heterocycles. The Morgan fingerprint density at radius 1 is 1.32 bits per heavy atom. The number of rotatable bonds is 4. The lowest BCUT2D eigenvalue weighted by atomic mass is 9.84. The van der Waals surface area contributed by atoms with Gasteiger partial charge in [0.15, 0.2) is 0 Å². The number of allylic oxidation sites excluding steroid dienone is 1. The average molecular weight is 344 g/mol. The van der Waals surface area contributed by atoms with Crippen LogP contribution in [0.15, 0.2) is 35.5 Å². The Labute approximate surface area is 145 Å². The van der Waals surface area contributed by atoms with Gasteiger partial charge in [-0.1, -0.05) is 12.1 Å². The van der Waals surface area contributed by atoms with E-state index >= 15 is 0 Å². The SMILES string of the molecule is CC1=C(C(=O)OC2CCCC2)[C@H](c2cccc([N+](=O)[O-])c2)CC(=O)N1. The Kier molecular flexibility index (Phi) is 4.83. The number of hydrogen-bond donors (Lipinski definition) is 1. The molecule has 0 spiro atoms. The van der Waals surface area contributed by atoms with Crippen molar-refractivity contribution in [1.29, 1.82) is 0 Å². The Balaban J connectivity index is 1.93. The van der Waals surface area contributed by atoms with Crippen LogP contribution in [0.5, 0.6) is 0 Å². The van der Waals surface area contributed by atoms with Crippen LogP contribution in [-0.2, 0) is 14.3 Å². The molecule has 0 saturated heterocycles. The minimum atomic E-state index is -0.539. The Morgan fingerprint density at radius 3 is 2.72 bits per heavy atom. The summed E-state index contributed by atoms with van der Waals surface area (Å²) in [7, 11) is 0. The molecule has 1 saturated carbocycles. The summed E-state index contributed by atoms with van der Waals surface area (Å²) in [5.74, 6) is -1.20. The van der Waals surface area contributed by atoms with E-state index in [9.17, 15) is 19.7 Å². The van der Waals surface area contributed by atoms with Crippen LogP contribution in [0, 0.1) is 10.1 Å². The molecule has 1 aliphatic heterocycles. The van der Waals surface area contributed by atoms with Crippen LogP contribution in [0.25, 0.3) is 0 Å². The van der Waals surface area contributed by atoms with Crippen LogP contribution in [0.1, 0.15) is 50.5 Å². The van der Waals surface area contributed by atoms with Crippen molar-refractivity contribution >= 4 is 17.6 Å². The van der Waals surface area contributed by atoms with Gasteiger partial charge in [0.1, 0.15) is 6.10 Å². The number of hydrogen-bond acceptors (Lipinski definition) is 5. The molecule has 3 rings (SSSR count). The topological polar surface area (TPSA) is 98.5 Å². The third kappa shape index (κ3) is 3.70. The zero-order chi connectivity index (χ0) is 18.0. The lowest BCUT2D eigenvalue weighted by molar-refractivity contribution is -0.384. The summed E-state index contributed by atoms with van der Waals surface area (Å²) in [6, 6.07) is 6.07. The van der Waals surface area contributed by atoms with Crippen molar-refractivity contribution in [3.8, 4) is 0 Å². The van der Waals surface area contributed by atoms with Crippen molar-refractivity contribution in [2.75, 3.05) is 0 Å². The maximum atomic E-state index is 12.7. The van der Waals surface area contributed by atoms with Gasteiger partial charge in [-0.3, -0.25) is 14.9 Å². The number of carbonyl (C=O) groups excluding carboxylic acids is 2. The molecule has 0 radical (unpaired) electrons. The third-order valence-electron chi connectivity index (χ3n) is 4.75. The quantitative estimate of drug-likeness (QED) is 0.514. The number of nitrogens with one attached hydrogen (secondary N) is 1. The highest BCUT2D eigenvalue weighted by Gasteiger charge is 2.34. The van der Waals surface area contributed by atoms with Crippen molar-refractivity contribution in [3.63, 3.8) is 0 Å². The Bertz CT molecular complexity index is 750. The molecule has 7 nitrogen and oxygen atoms in total. The van der Waals surface area contributed by atoms with Gasteiger partial charge in [-0.15, -0.1) is 0 Å². The van der Waals surface area contributed by atoms with E-state index in [4.69, 9.17) is 4.74 Å². The van der Waals surface area contributed by atoms with Gasteiger partial charge >= 0.3 is 5.97 Å². The summed E-state index contributed by atoms with van der Waals surface area (Å²) in [5.41, 5.74) is 1.34. The first kappa shape index (κ1) is 17.1. The third-order valence-corrected chi connectivity index (χ3v) is 4.75. The second kappa shape index (κ2) is 7.04. The molecule has 1 aliphatic carbocycles. The van der Waals surface area contributed by atoms with Crippen molar-refractivity contribution < 1.29 is 19.2 Å². The number of nitro benzene ring substituents is 1. The van der Waals surface area contributed by atoms with Gasteiger partial charge in [-0.05, 0) is 38.2 Å². The molecule has 0 unspecified atom stereocenters. The van der Waals surface area contributed by atoms with E-state index in [1.807, 2.05) is 0 Å². The van der Waals surface area contributed by atoms with Gasteiger partial charge in [0.05, 0.1) is 10.5 Å². The molecule has 1 fully saturated rings. The zero-order valence-corrected chi connectivity index (χ0v) is 14.0. The molecular weight excluding hydrogens is 324 g/mol. The van der Waals surface area contributed by atoms with Crippen molar-refractivity contribution in [2.24, 2.45) is 0 Å². The molecule has 1 amide bonds. The highest BCUT2D eigenvalue weighted by molar-refractivity contribution is 5.96. The Morgan fingerprint density at radius 2 is 2.04 bits per heavy atom. The normalized spacial score (nSPS) is 21.2. The van der Waals surface area contributed by atoms with E-state index in [2.05, 4.69) is 5.32 Å². The van der Waals surface area contributed by atoms with Crippen LogP contribution >= 0.6 is 0 Å². The largest absolute Gasteiger partial charge is 0.459 e. The maximum absolute atomic E-state index is 12.7. The second-order valence-corrected chi connectivity index (χ2v) is 6.51. The van der Waals surface area contributed by atoms with Gasteiger partial charge in [-0.2, -0.15) is 0 Å². The predicted octanol–water partition coefficient (Wildman–Crippen LogP) is 2.96.